The summed E-state index contributed by atoms with van der Waals surface area (Å²) in [5.41, 5.74) is 2.07. The first-order valence-corrected chi connectivity index (χ1v) is 10.7. The Bertz CT molecular complexity index is 858. The molecule has 4 fully saturated rings. The van der Waals surface area contributed by atoms with Gasteiger partial charge < -0.3 is 15.0 Å². The average molecular weight is 404 g/mol. The van der Waals surface area contributed by atoms with Crippen LogP contribution in [0.2, 0.25) is 5.02 Å². The van der Waals surface area contributed by atoms with Crippen molar-refractivity contribution < 1.29 is 9.53 Å². The number of halogens is 1. The SMILES string of the molecule is O=C(N1CCOCC1)C12CC(CNc3nc(-c4ccccc4Cl)cs3)(C1)C2. The first-order valence-electron chi connectivity index (χ1n) is 9.41. The van der Waals surface area contributed by atoms with E-state index in [1.165, 1.54) is 0 Å². The minimum atomic E-state index is -0.0787. The maximum absolute atomic E-state index is 12.8. The van der Waals surface area contributed by atoms with Crippen LogP contribution in [0.1, 0.15) is 19.3 Å². The van der Waals surface area contributed by atoms with Crippen LogP contribution < -0.4 is 5.32 Å². The molecule has 1 amide bonds. The van der Waals surface area contributed by atoms with Crippen LogP contribution in [-0.2, 0) is 9.53 Å². The van der Waals surface area contributed by atoms with Crippen molar-refractivity contribution in [2.75, 3.05) is 38.2 Å². The molecule has 1 aromatic heterocycles. The minimum absolute atomic E-state index is 0.0787. The Hall–Kier alpha value is -1.63. The van der Waals surface area contributed by atoms with Gasteiger partial charge in [-0.3, -0.25) is 4.79 Å². The van der Waals surface area contributed by atoms with E-state index in [1.807, 2.05) is 34.5 Å². The molecule has 2 bridgehead atoms. The Morgan fingerprint density at radius 1 is 1.26 bits per heavy atom. The number of rotatable bonds is 5. The molecule has 0 radical (unpaired) electrons. The molecule has 0 spiro atoms. The normalized spacial score (nSPS) is 29.0. The fourth-order valence-corrected chi connectivity index (χ4v) is 5.87. The Labute approximate surface area is 167 Å². The molecule has 1 saturated heterocycles. The van der Waals surface area contributed by atoms with Crippen molar-refractivity contribution in [3.8, 4) is 11.3 Å². The largest absolute Gasteiger partial charge is 0.378 e. The Morgan fingerprint density at radius 2 is 2.00 bits per heavy atom. The van der Waals surface area contributed by atoms with E-state index in [4.69, 9.17) is 16.3 Å². The number of thiazole rings is 1. The summed E-state index contributed by atoms with van der Waals surface area (Å²) < 4.78 is 5.36. The molecule has 142 valence electrons. The summed E-state index contributed by atoms with van der Waals surface area (Å²) in [5.74, 6) is 0.350. The highest BCUT2D eigenvalue weighted by atomic mass is 35.5. The summed E-state index contributed by atoms with van der Waals surface area (Å²) in [6.45, 7) is 3.73. The molecule has 3 saturated carbocycles. The second-order valence-corrected chi connectivity index (χ2v) is 9.35. The number of benzene rings is 1. The topological polar surface area (TPSA) is 54.5 Å². The molecular formula is C20H22ClN3O2S. The highest BCUT2D eigenvalue weighted by molar-refractivity contribution is 7.14. The highest BCUT2D eigenvalue weighted by Gasteiger charge is 2.71. The maximum atomic E-state index is 12.8. The number of aromatic nitrogens is 1. The number of nitrogens with zero attached hydrogens (tertiary/aromatic N) is 2. The summed E-state index contributed by atoms with van der Waals surface area (Å²) in [5, 5.41) is 7.17. The van der Waals surface area contributed by atoms with Crippen LogP contribution in [0.25, 0.3) is 11.3 Å². The molecule has 0 unspecified atom stereocenters. The number of ether oxygens (including phenoxy) is 1. The van der Waals surface area contributed by atoms with Gasteiger partial charge in [-0.25, -0.2) is 4.98 Å². The zero-order chi connectivity index (χ0) is 18.5. The lowest BCUT2D eigenvalue weighted by molar-refractivity contribution is -0.213. The quantitative estimate of drug-likeness (QED) is 0.822. The zero-order valence-electron chi connectivity index (χ0n) is 15.0. The van der Waals surface area contributed by atoms with Gasteiger partial charge in [0.15, 0.2) is 5.13 Å². The Kier molecular flexibility index (Phi) is 4.18. The Morgan fingerprint density at radius 3 is 2.74 bits per heavy atom. The van der Waals surface area contributed by atoms with Crippen LogP contribution in [0.5, 0.6) is 0 Å². The molecule has 0 atom stereocenters. The standard InChI is InChI=1S/C20H22ClN3O2S/c21-15-4-2-1-3-14(15)16-9-27-18(23-16)22-13-19-10-20(11-19,12-19)17(25)24-5-7-26-8-6-24/h1-4,9H,5-8,10-13H2,(H,22,23). The van der Waals surface area contributed by atoms with Crippen molar-refractivity contribution in [1.29, 1.82) is 0 Å². The molecule has 3 aliphatic carbocycles. The summed E-state index contributed by atoms with van der Waals surface area (Å²) in [4.78, 5) is 19.5. The number of amides is 1. The van der Waals surface area contributed by atoms with Gasteiger partial charge in [-0.1, -0.05) is 29.8 Å². The van der Waals surface area contributed by atoms with Crippen molar-refractivity contribution >= 4 is 34.0 Å². The lowest BCUT2D eigenvalue weighted by Crippen LogP contribution is -2.70. The maximum Gasteiger partial charge on any atom is 0.229 e. The van der Waals surface area contributed by atoms with Gasteiger partial charge in [0.2, 0.25) is 5.91 Å². The van der Waals surface area contributed by atoms with Gasteiger partial charge in [0.25, 0.3) is 0 Å². The van der Waals surface area contributed by atoms with Crippen molar-refractivity contribution in [3.63, 3.8) is 0 Å². The fourth-order valence-electron chi connectivity index (χ4n) is 4.93. The summed E-state index contributed by atoms with van der Waals surface area (Å²) in [7, 11) is 0. The summed E-state index contributed by atoms with van der Waals surface area (Å²) in [6, 6.07) is 7.77. The smallest absolute Gasteiger partial charge is 0.229 e. The van der Waals surface area contributed by atoms with Crippen LogP contribution in [0, 0.1) is 10.8 Å². The zero-order valence-corrected chi connectivity index (χ0v) is 16.6. The van der Waals surface area contributed by atoms with Crippen LogP contribution in [0.3, 0.4) is 0 Å². The van der Waals surface area contributed by atoms with E-state index in [9.17, 15) is 4.79 Å². The van der Waals surface area contributed by atoms with Crippen molar-refractivity contribution in [1.82, 2.24) is 9.88 Å². The van der Waals surface area contributed by atoms with E-state index in [0.29, 0.717) is 19.1 Å². The third-order valence-electron chi connectivity index (χ3n) is 6.16. The molecule has 2 aromatic rings. The predicted octanol–water partition coefficient (Wildman–Crippen LogP) is 3.90. The van der Waals surface area contributed by atoms with Gasteiger partial charge in [-0.05, 0) is 30.7 Å². The number of anilines is 1. The van der Waals surface area contributed by atoms with E-state index >= 15 is 0 Å². The highest BCUT2D eigenvalue weighted by Crippen LogP contribution is 2.73. The molecule has 2 heterocycles. The molecule has 6 rings (SSSR count). The predicted molar refractivity (Wildman–Crippen MR) is 107 cm³/mol. The number of carbonyl (C=O) groups excluding carboxylic acids is 1. The van der Waals surface area contributed by atoms with E-state index in [0.717, 1.165) is 60.3 Å². The van der Waals surface area contributed by atoms with Crippen LogP contribution >= 0.6 is 22.9 Å². The monoisotopic (exact) mass is 403 g/mol. The third-order valence-corrected chi connectivity index (χ3v) is 7.29. The lowest BCUT2D eigenvalue weighted by Gasteiger charge is -2.70. The summed E-state index contributed by atoms with van der Waals surface area (Å²) in [6.07, 6.45) is 3.02. The van der Waals surface area contributed by atoms with Gasteiger partial charge in [0.1, 0.15) is 0 Å². The van der Waals surface area contributed by atoms with Gasteiger partial charge in [-0.2, -0.15) is 0 Å². The number of carbonyl (C=O) groups is 1. The van der Waals surface area contributed by atoms with Crippen molar-refractivity contribution in [3.05, 3.63) is 34.7 Å². The van der Waals surface area contributed by atoms with Crippen molar-refractivity contribution in [2.24, 2.45) is 10.8 Å². The number of nitrogens with one attached hydrogen (secondary N) is 1. The van der Waals surface area contributed by atoms with E-state index in [-0.39, 0.29) is 10.8 Å². The van der Waals surface area contributed by atoms with Gasteiger partial charge in [0, 0.05) is 35.6 Å². The van der Waals surface area contributed by atoms with Crippen molar-refractivity contribution in [2.45, 2.75) is 19.3 Å². The molecule has 1 aromatic carbocycles. The second kappa shape index (κ2) is 6.47. The molecule has 7 heteroatoms. The molecular weight excluding hydrogens is 382 g/mol. The minimum Gasteiger partial charge on any atom is -0.378 e. The molecule has 27 heavy (non-hydrogen) atoms. The van der Waals surface area contributed by atoms with Crippen LogP contribution in [0.15, 0.2) is 29.6 Å². The van der Waals surface area contributed by atoms with Gasteiger partial charge in [-0.15, -0.1) is 11.3 Å². The van der Waals surface area contributed by atoms with Crippen LogP contribution in [-0.4, -0.2) is 48.6 Å². The van der Waals surface area contributed by atoms with E-state index in [1.54, 1.807) is 11.3 Å². The molecule has 5 nitrogen and oxygen atoms in total. The second-order valence-electron chi connectivity index (χ2n) is 8.09. The number of morpholine rings is 1. The van der Waals surface area contributed by atoms with Gasteiger partial charge in [0.05, 0.1) is 24.3 Å². The Balaban J connectivity index is 1.17. The average Bonchev–Trinajstić information content (AvgIpc) is 3.09. The summed E-state index contributed by atoms with van der Waals surface area (Å²) >= 11 is 7.87. The lowest BCUT2D eigenvalue weighted by atomic mass is 9.34. The third kappa shape index (κ3) is 2.94. The number of hydrogen-bond donors (Lipinski definition) is 1. The number of hydrogen-bond acceptors (Lipinski definition) is 5. The first kappa shape index (κ1) is 17.5. The van der Waals surface area contributed by atoms with Gasteiger partial charge >= 0.3 is 0 Å². The van der Waals surface area contributed by atoms with E-state index in [2.05, 4.69) is 10.3 Å². The molecule has 1 aliphatic heterocycles. The molecule has 1 N–H and O–H groups in total. The van der Waals surface area contributed by atoms with E-state index < -0.39 is 0 Å². The fraction of sp³-hybridized carbons (Fsp3) is 0.500. The van der Waals surface area contributed by atoms with Crippen LogP contribution in [0.4, 0.5) is 5.13 Å². The first-order chi connectivity index (χ1) is 13.1. The molecule has 4 aliphatic rings.